The average Bonchev–Trinajstić information content (AvgIpc) is 2.43. The van der Waals surface area contributed by atoms with Gasteiger partial charge in [-0.05, 0) is 32.4 Å². The molecule has 24 heavy (non-hydrogen) atoms. The van der Waals surface area contributed by atoms with Crippen molar-refractivity contribution in [1.82, 2.24) is 0 Å². The molecule has 1 unspecified atom stereocenters. The zero-order valence-electron chi connectivity index (χ0n) is 13.6. The summed E-state index contributed by atoms with van der Waals surface area (Å²) in [7, 11) is 0. The standard InChI is InChI=1S/C14H21F7O2S/c1-4-7-11(3,10(22)23-5-2)24-9-6-8-12(15,16)13(17,18)14(19,20)21/h4-9H2,1-3H3. The van der Waals surface area contributed by atoms with Crippen molar-refractivity contribution in [2.75, 3.05) is 12.4 Å². The number of carbonyl (C=O) groups is 1. The van der Waals surface area contributed by atoms with Crippen LogP contribution < -0.4 is 0 Å². The van der Waals surface area contributed by atoms with Crippen LogP contribution in [0.25, 0.3) is 0 Å². The van der Waals surface area contributed by atoms with Crippen molar-refractivity contribution < 1.29 is 40.3 Å². The summed E-state index contributed by atoms with van der Waals surface area (Å²) in [5, 5.41) is 0. The molecule has 0 amide bonds. The molecule has 1 atom stereocenters. The Balaban J connectivity index is 4.72. The molecule has 0 radical (unpaired) electrons. The van der Waals surface area contributed by atoms with Crippen LogP contribution >= 0.6 is 11.8 Å². The van der Waals surface area contributed by atoms with E-state index in [1.807, 2.05) is 0 Å². The lowest BCUT2D eigenvalue weighted by Gasteiger charge is -2.29. The van der Waals surface area contributed by atoms with Gasteiger partial charge in [0.05, 0.1) is 6.61 Å². The minimum atomic E-state index is -6.31. The number of carbonyl (C=O) groups excluding carboxylic acids is 1. The van der Waals surface area contributed by atoms with Gasteiger partial charge in [-0.3, -0.25) is 4.79 Å². The molecule has 0 spiro atoms. The topological polar surface area (TPSA) is 26.3 Å². The molecule has 0 saturated carbocycles. The first kappa shape index (κ1) is 23.3. The third-order valence-corrected chi connectivity index (χ3v) is 4.81. The largest absolute Gasteiger partial charge is 0.465 e. The lowest BCUT2D eigenvalue weighted by atomic mass is 10.1. The molecular weight excluding hydrogens is 365 g/mol. The van der Waals surface area contributed by atoms with E-state index >= 15 is 0 Å². The third-order valence-electron chi connectivity index (χ3n) is 3.31. The van der Waals surface area contributed by atoms with E-state index in [9.17, 15) is 35.5 Å². The molecule has 0 N–H and O–H groups in total. The van der Waals surface area contributed by atoms with Gasteiger partial charge in [0, 0.05) is 6.42 Å². The lowest BCUT2D eigenvalue weighted by Crippen LogP contribution is -2.51. The van der Waals surface area contributed by atoms with E-state index in [0.29, 0.717) is 12.8 Å². The van der Waals surface area contributed by atoms with Gasteiger partial charge in [0.1, 0.15) is 4.75 Å². The molecule has 0 aliphatic rings. The Morgan fingerprint density at radius 2 is 1.54 bits per heavy atom. The van der Waals surface area contributed by atoms with Crippen LogP contribution in [-0.2, 0) is 9.53 Å². The highest BCUT2D eigenvalue weighted by Crippen LogP contribution is 2.48. The number of rotatable bonds is 10. The van der Waals surface area contributed by atoms with E-state index in [4.69, 9.17) is 4.74 Å². The highest BCUT2D eigenvalue weighted by Gasteiger charge is 2.72. The lowest BCUT2D eigenvalue weighted by molar-refractivity contribution is -0.355. The number of halogens is 7. The molecule has 0 fully saturated rings. The minimum Gasteiger partial charge on any atom is -0.465 e. The first-order valence-electron chi connectivity index (χ1n) is 7.38. The second-order valence-corrected chi connectivity index (χ2v) is 7.03. The van der Waals surface area contributed by atoms with Gasteiger partial charge in [-0.15, -0.1) is 11.8 Å². The van der Waals surface area contributed by atoms with Crippen LogP contribution in [0.3, 0.4) is 0 Å². The van der Waals surface area contributed by atoms with Crippen LogP contribution in [-0.4, -0.2) is 41.1 Å². The van der Waals surface area contributed by atoms with Crippen molar-refractivity contribution in [3.05, 3.63) is 0 Å². The van der Waals surface area contributed by atoms with Gasteiger partial charge >= 0.3 is 24.0 Å². The van der Waals surface area contributed by atoms with Gasteiger partial charge in [-0.2, -0.15) is 30.7 Å². The number of thioether (sulfide) groups is 1. The molecule has 0 bridgehead atoms. The number of esters is 1. The first-order chi connectivity index (χ1) is 10.7. The predicted octanol–water partition coefficient (Wildman–Crippen LogP) is 5.45. The van der Waals surface area contributed by atoms with E-state index in [1.165, 1.54) is 6.92 Å². The van der Waals surface area contributed by atoms with Crippen molar-refractivity contribution in [1.29, 1.82) is 0 Å². The van der Waals surface area contributed by atoms with E-state index in [-0.39, 0.29) is 12.4 Å². The Labute approximate surface area is 140 Å². The SMILES string of the molecule is CCCC(C)(SCCCC(F)(F)C(F)(F)C(F)(F)F)C(=O)OCC. The molecule has 0 rings (SSSR count). The van der Waals surface area contributed by atoms with Crippen molar-refractivity contribution in [3.63, 3.8) is 0 Å². The minimum absolute atomic E-state index is 0.120. The van der Waals surface area contributed by atoms with Crippen LogP contribution in [0.15, 0.2) is 0 Å². The summed E-state index contributed by atoms with van der Waals surface area (Å²) >= 11 is 0.921. The first-order valence-corrected chi connectivity index (χ1v) is 8.37. The molecular formula is C14H21F7O2S. The Bertz CT molecular complexity index is 412. The normalized spacial score (nSPS) is 15.9. The molecule has 144 valence electrons. The van der Waals surface area contributed by atoms with Gasteiger partial charge in [-0.1, -0.05) is 13.3 Å². The summed E-state index contributed by atoms with van der Waals surface area (Å²) < 4.78 is 91.8. The van der Waals surface area contributed by atoms with Crippen molar-refractivity contribution in [3.8, 4) is 0 Å². The molecule has 0 aromatic carbocycles. The quantitative estimate of drug-likeness (QED) is 0.284. The van der Waals surface area contributed by atoms with Crippen molar-refractivity contribution >= 4 is 17.7 Å². The summed E-state index contributed by atoms with van der Waals surface area (Å²) in [4.78, 5) is 11.9. The molecule has 0 aliphatic heterocycles. The molecule has 0 aromatic rings. The van der Waals surface area contributed by atoms with Gasteiger partial charge in [-0.25, -0.2) is 0 Å². The summed E-state index contributed by atoms with van der Waals surface area (Å²) in [6.07, 6.45) is -7.58. The van der Waals surface area contributed by atoms with Crippen LogP contribution in [0.5, 0.6) is 0 Å². The second-order valence-electron chi connectivity index (χ2n) is 5.43. The van der Waals surface area contributed by atoms with Gasteiger partial charge < -0.3 is 4.74 Å². The summed E-state index contributed by atoms with van der Waals surface area (Å²) in [5.74, 6) is -12.0. The van der Waals surface area contributed by atoms with E-state index in [2.05, 4.69) is 0 Å². The van der Waals surface area contributed by atoms with Crippen molar-refractivity contribution in [2.45, 2.75) is 69.2 Å². The van der Waals surface area contributed by atoms with Crippen LogP contribution in [0.4, 0.5) is 30.7 Å². The predicted molar refractivity (Wildman–Crippen MR) is 77.6 cm³/mol. The molecule has 0 heterocycles. The van der Waals surface area contributed by atoms with Crippen LogP contribution in [0.2, 0.25) is 0 Å². The number of alkyl halides is 7. The molecule has 0 aromatic heterocycles. The molecule has 0 aliphatic carbocycles. The fourth-order valence-corrected chi connectivity index (χ4v) is 3.21. The highest BCUT2D eigenvalue weighted by molar-refractivity contribution is 8.01. The maximum atomic E-state index is 13.2. The summed E-state index contributed by atoms with van der Waals surface area (Å²) in [6.45, 7) is 5.03. The third kappa shape index (κ3) is 5.70. The number of hydrogen-bond acceptors (Lipinski definition) is 3. The molecule has 0 saturated heterocycles. The fourth-order valence-electron chi connectivity index (χ4n) is 1.95. The Morgan fingerprint density at radius 3 is 1.96 bits per heavy atom. The monoisotopic (exact) mass is 386 g/mol. The highest BCUT2D eigenvalue weighted by atomic mass is 32.2. The Morgan fingerprint density at radius 1 is 1.00 bits per heavy atom. The zero-order valence-corrected chi connectivity index (χ0v) is 14.4. The van der Waals surface area contributed by atoms with E-state index < -0.39 is 41.6 Å². The van der Waals surface area contributed by atoms with Crippen LogP contribution in [0, 0.1) is 0 Å². The average molecular weight is 386 g/mol. The van der Waals surface area contributed by atoms with E-state index in [0.717, 1.165) is 11.8 Å². The van der Waals surface area contributed by atoms with Gasteiger partial charge in [0.15, 0.2) is 0 Å². The summed E-state index contributed by atoms with van der Waals surface area (Å²) in [5.41, 5.74) is 0. The summed E-state index contributed by atoms with van der Waals surface area (Å²) in [6, 6.07) is 0. The van der Waals surface area contributed by atoms with E-state index in [1.54, 1.807) is 13.8 Å². The number of hydrogen-bond donors (Lipinski definition) is 0. The maximum Gasteiger partial charge on any atom is 0.459 e. The maximum absolute atomic E-state index is 13.2. The number of ether oxygens (including phenoxy) is 1. The molecule has 10 heteroatoms. The zero-order chi connectivity index (χ0) is 19.2. The second kappa shape index (κ2) is 8.62. The van der Waals surface area contributed by atoms with Gasteiger partial charge in [0.2, 0.25) is 0 Å². The molecule has 2 nitrogen and oxygen atoms in total. The van der Waals surface area contributed by atoms with Gasteiger partial charge in [0.25, 0.3) is 0 Å². The fraction of sp³-hybridized carbons (Fsp3) is 0.929. The Hall–Kier alpha value is -0.670. The van der Waals surface area contributed by atoms with Crippen LogP contribution in [0.1, 0.15) is 46.5 Å². The van der Waals surface area contributed by atoms with Crippen molar-refractivity contribution in [2.24, 2.45) is 0 Å². The Kier molecular flexibility index (Phi) is 8.38. The smallest absolute Gasteiger partial charge is 0.459 e.